The molecule has 1 fully saturated rings. The fourth-order valence-electron chi connectivity index (χ4n) is 1.90. The van der Waals surface area contributed by atoms with Crippen molar-refractivity contribution in [1.82, 2.24) is 9.55 Å². The first kappa shape index (κ1) is 8.75. The van der Waals surface area contributed by atoms with Crippen molar-refractivity contribution in [1.29, 1.82) is 0 Å². The van der Waals surface area contributed by atoms with Crippen LogP contribution in [0.1, 0.15) is 38.1 Å². The highest BCUT2D eigenvalue weighted by atomic mass is 16.3. The maximum Gasteiger partial charge on any atom is 0.137 e. The van der Waals surface area contributed by atoms with E-state index in [2.05, 4.69) is 11.9 Å². The van der Waals surface area contributed by atoms with Crippen molar-refractivity contribution in [3.05, 3.63) is 18.2 Å². The first-order valence-corrected chi connectivity index (χ1v) is 4.85. The van der Waals surface area contributed by atoms with E-state index in [1.54, 1.807) is 6.20 Å². The van der Waals surface area contributed by atoms with E-state index < -0.39 is 0 Å². The summed E-state index contributed by atoms with van der Waals surface area (Å²) in [5, 5.41) is 10.1. The van der Waals surface area contributed by atoms with Gasteiger partial charge in [0.1, 0.15) is 11.9 Å². The Balaban J connectivity index is 2.22. The van der Waals surface area contributed by atoms with Crippen molar-refractivity contribution >= 4 is 0 Å². The third kappa shape index (κ3) is 1.27. The molecule has 13 heavy (non-hydrogen) atoms. The van der Waals surface area contributed by atoms with Gasteiger partial charge in [-0.3, -0.25) is 0 Å². The minimum absolute atomic E-state index is 0.138. The standard InChI is InChI=1S/C10H16N2O/c1-3-10(4-5-10)8(13)9-11-6-7-12(9)2/h6-8,13H,3-5H2,1-2H3. The Kier molecular flexibility index (Phi) is 1.91. The predicted molar refractivity (Wildman–Crippen MR) is 50.1 cm³/mol. The number of aliphatic hydroxyl groups is 1. The van der Waals surface area contributed by atoms with Gasteiger partial charge in [-0.15, -0.1) is 0 Å². The molecule has 1 aromatic rings. The zero-order valence-electron chi connectivity index (χ0n) is 8.20. The van der Waals surface area contributed by atoms with Crippen molar-refractivity contribution in [2.75, 3.05) is 0 Å². The summed E-state index contributed by atoms with van der Waals surface area (Å²) in [6.07, 6.45) is 6.56. The van der Waals surface area contributed by atoms with Crippen molar-refractivity contribution in [3.63, 3.8) is 0 Å². The second kappa shape index (κ2) is 2.84. The Morgan fingerprint density at radius 3 is 2.77 bits per heavy atom. The van der Waals surface area contributed by atoms with E-state index in [-0.39, 0.29) is 11.5 Å². The summed E-state index contributed by atoms with van der Waals surface area (Å²) < 4.78 is 1.90. The summed E-state index contributed by atoms with van der Waals surface area (Å²) in [6, 6.07) is 0. The van der Waals surface area contributed by atoms with Crippen LogP contribution in [0.5, 0.6) is 0 Å². The summed E-state index contributed by atoms with van der Waals surface area (Å²) >= 11 is 0. The van der Waals surface area contributed by atoms with Crippen molar-refractivity contribution in [3.8, 4) is 0 Å². The molecule has 0 spiro atoms. The first-order valence-electron chi connectivity index (χ1n) is 4.85. The Bertz CT molecular complexity index is 302. The third-order valence-electron chi connectivity index (χ3n) is 3.28. The molecule has 1 aliphatic rings. The van der Waals surface area contributed by atoms with Gasteiger partial charge in [0.05, 0.1) is 0 Å². The first-order chi connectivity index (χ1) is 6.19. The van der Waals surface area contributed by atoms with E-state index >= 15 is 0 Å². The molecule has 1 aliphatic carbocycles. The monoisotopic (exact) mass is 180 g/mol. The molecule has 1 N–H and O–H groups in total. The maximum absolute atomic E-state index is 10.1. The van der Waals surface area contributed by atoms with Gasteiger partial charge in [-0.1, -0.05) is 6.92 Å². The van der Waals surface area contributed by atoms with Crippen LogP contribution in [0, 0.1) is 5.41 Å². The number of aromatic nitrogens is 2. The summed E-state index contributed by atoms with van der Waals surface area (Å²) in [7, 11) is 1.93. The van der Waals surface area contributed by atoms with E-state index in [0.717, 1.165) is 25.1 Å². The zero-order chi connectivity index (χ0) is 9.47. The summed E-state index contributed by atoms with van der Waals surface area (Å²) in [4.78, 5) is 4.18. The summed E-state index contributed by atoms with van der Waals surface area (Å²) in [5.74, 6) is 0.805. The molecule has 3 nitrogen and oxygen atoms in total. The molecule has 1 aromatic heterocycles. The average molecular weight is 180 g/mol. The fourth-order valence-corrected chi connectivity index (χ4v) is 1.90. The minimum Gasteiger partial charge on any atom is -0.385 e. The average Bonchev–Trinajstić information content (AvgIpc) is 2.83. The molecule has 0 aliphatic heterocycles. The number of hydrogen-bond donors (Lipinski definition) is 1. The molecule has 0 bridgehead atoms. The lowest BCUT2D eigenvalue weighted by molar-refractivity contribution is 0.0792. The van der Waals surface area contributed by atoms with Crippen LogP contribution < -0.4 is 0 Å². The van der Waals surface area contributed by atoms with Gasteiger partial charge in [0, 0.05) is 24.9 Å². The molecule has 2 rings (SSSR count). The number of aliphatic hydroxyl groups excluding tert-OH is 1. The van der Waals surface area contributed by atoms with Gasteiger partial charge in [0.15, 0.2) is 0 Å². The largest absolute Gasteiger partial charge is 0.385 e. The lowest BCUT2D eigenvalue weighted by atomic mass is 9.95. The van der Waals surface area contributed by atoms with Crippen LogP contribution in [-0.4, -0.2) is 14.7 Å². The number of rotatable bonds is 3. The summed E-state index contributed by atoms with van der Waals surface area (Å²) in [6.45, 7) is 2.14. The number of nitrogens with zero attached hydrogens (tertiary/aromatic N) is 2. The van der Waals surface area contributed by atoms with Crippen molar-refractivity contribution < 1.29 is 5.11 Å². The molecule has 72 valence electrons. The molecule has 3 heteroatoms. The van der Waals surface area contributed by atoms with E-state index in [0.29, 0.717) is 0 Å². The van der Waals surface area contributed by atoms with Gasteiger partial charge < -0.3 is 9.67 Å². The fraction of sp³-hybridized carbons (Fsp3) is 0.700. The zero-order valence-corrected chi connectivity index (χ0v) is 8.20. The Morgan fingerprint density at radius 2 is 2.38 bits per heavy atom. The molecular formula is C10H16N2O. The van der Waals surface area contributed by atoms with Crippen LogP contribution >= 0.6 is 0 Å². The van der Waals surface area contributed by atoms with Gasteiger partial charge >= 0.3 is 0 Å². The molecule has 0 saturated heterocycles. The van der Waals surface area contributed by atoms with Gasteiger partial charge in [-0.2, -0.15) is 0 Å². The SMILES string of the molecule is CCC1(C(O)c2nccn2C)CC1. The van der Waals surface area contributed by atoms with E-state index in [1.165, 1.54) is 0 Å². The topological polar surface area (TPSA) is 38.1 Å². The molecule has 0 aromatic carbocycles. The van der Waals surface area contributed by atoms with Crippen LogP contribution in [0.3, 0.4) is 0 Å². The Hall–Kier alpha value is -0.830. The van der Waals surface area contributed by atoms with E-state index in [9.17, 15) is 5.11 Å². The highest BCUT2D eigenvalue weighted by molar-refractivity contribution is 5.08. The molecule has 1 saturated carbocycles. The second-order valence-corrected chi connectivity index (χ2v) is 4.01. The Labute approximate surface area is 78.4 Å². The van der Waals surface area contributed by atoms with Crippen LogP contribution in [0.25, 0.3) is 0 Å². The molecular weight excluding hydrogens is 164 g/mol. The minimum atomic E-state index is -0.377. The number of imidazole rings is 1. The highest BCUT2D eigenvalue weighted by Gasteiger charge is 2.49. The molecule has 0 radical (unpaired) electrons. The van der Waals surface area contributed by atoms with Gasteiger partial charge in [0.25, 0.3) is 0 Å². The maximum atomic E-state index is 10.1. The number of hydrogen-bond acceptors (Lipinski definition) is 2. The van der Waals surface area contributed by atoms with Crippen LogP contribution in [0.2, 0.25) is 0 Å². The summed E-state index contributed by atoms with van der Waals surface area (Å²) in [5.41, 5.74) is 0.138. The quantitative estimate of drug-likeness (QED) is 0.768. The second-order valence-electron chi connectivity index (χ2n) is 4.01. The lowest BCUT2D eigenvalue weighted by Crippen LogP contribution is -2.16. The highest BCUT2D eigenvalue weighted by Crippen LogP contribution is 2.56. The van der Waals surface area contributed by atoms with E-state index in [4.69, 9.17) is 0 Å². The molecule has 0 amide bonds. The number of aryl methyl sites for hydroxylation is 1. The van der Waals surface area contributed by atoms with Gasteiger partial charge in [-0.05, 0) is 19.3 Å². The van der Waals surface area contributed by atoms with Gasteiger partial charge in [0.2, 0.25) is 0 Å². The predicted octanol–water partition coefficient (Wildman–Crippen LogP) is 1.64. The Morgan fingerprint density at radius 1 is 1.69 bits per heavy atom. The van der Waals surface area contributed by atoms with Crippen molar-refractivity contribution in [2.24, 2.45) is 12.5 Å². The third-order valence-corrected chi connectivity index (χ3v) is 3.28. The molecule has 1 unspecified atom stereocenters. The van der Waals surface area contributed by atoms with Gasteiger partial charge in [-0.25, -0.2) is 4.98 Å². The normalized spacial score (nSPS) is 21.5. The van der Waals surface area contributed by atoms with Crippen LogP contribution in [0.4, 0.5) is 0 Å². The smallest absolute Gasteiger partial charge is 0.137 e. The lowest BCUT2D eigenvalue weighted by Gasteiger charge is -2.19. The molecule has 1 atom stereocenters. The van der Waals surface area contributed by atoms with E-state index in [1.807, 2.05) is 17.8 Å². The molecule has 1 heterocycles. The van der Waals surface area contributed by atoms with Crippen molar-refractivity contribution in [2.45, 2.75) is 32.3 Å². The van der Waals surface area contributed by atoms with Crippen LogP contribution in [-0.2, 0) is 7.05 Å². The van der Waals surface area contributed by atoms with Crippen LogP contribution in [0.15, 0.2) is 12.4 Å².